The van der Waals surface area contributed by atoms with Crippen molar-refractivity contribution in [2.75, 3.05) is 5.75 Å². The van der Waals surface area contributed by atoms with Gasteiger partial charge in [-0.25, -0.2) is 4.79 Å². The molecule has 2 N–H and O–H groups in total. The lowest BCUT2D eigenvalue weighted by molar-refractivity contribution is -0.155. The van der Waals surface area contributed by atoms with Gasteiger partial charge in [-0.2, -0.15) is 0 Å². The lowest BCUT2D eigenvalue weighted by Gasteiger charge is -2.50. The average molecular weight is 384 g/mol. The first-order chi connectivity index (χ1) is 12.9. The molecule has 1 saturated heterocycles. The van der Waals surface area contributed by atoms with Crippen LogP contribution in [0.15, 0.2) is 41.6 Å². The van der Waals surface area contributed by atoms with E-state index in [-0.39, 0.29) is 28.9 Å². The summed E-state index contributed by atoms with van der Waals surface area (Å²) in [6.45, 7) is 1.76. The van der Waals surface area contributed by atoms with Crippen LogP contribution in [0.2, 0.25) is 0 Å². The lowest BCUT2D eigenvalue weighted by Crippen LogP contribution is -2.65. The first-order valence-electron chi connectivity index (χ1n) is 9.16. The van der Waals surface area contributed by atoms with Gasteiger partial charge in [0.05, 0.1) is 10.8 Å². The van der Waals surface area contributed by atoms with Crippen molar-refractivity contribution in [2.24, 2.45) is 5.41 Å². The molecule has 0 aromatic heterocycles. The first kappa shape index (κ1) is 16.9. The summed E-state index contributed by atoms with van der Waals surface area (Å²) in [6.07, 6.45) is 2.25. The predicted octanol–water partition coefficient (Wildman–Crippen LogP) is 1.87. The number of nitrogens with one attached hydrogen (secondary N) is 1. The molecule has 3 fully saturated rings. The average Bonchev–Trinajstić information content (AvgIpc) is 3.56. The smallest absolute Gasteiger partial charge is 0.352 e. The third-order valence-electron chi connectivity index (χ3n) is 6.42. The molecule has 1 spiro atoms. The summed E-state index contributed by atoms with van der Waals surface area (Å²) in [5.41, 5.74) is 0.787. The molecule has 0 bridgehead atoms. The number of fused-ring (bicyclic) bond motifs is 2. The molecular weight excluding hydrogens is 364 g/mol. The number of carbonyl (C=O) groups is 3. The molecule has 1 aromatic rings. The predicted molar refractivity (Wildman–Crippen MR) is 99.8 cm³/mol. The molecule has 1 aromatic carbocycles. The van der Waals surface area contributed by atoms with Gasteiger partial charge in [0.25, 0.3) is 0 Å². The number of thioether (sulfide) groups is 1. The van der Waals surface area contributed by atoms with E-state index in [2.05, 4.69) is 5.32 Å². The molecule has 2 aliphatic carbocycles. The number of amides is 2. The van der Waals surface area contributed by atoms with Crippen molar-refractivity contribution in [2.45, 2.75) is 43.0 Å². The van der Waals surface area contributed by atoms with Gasteiger partial charge in [-0.3, -0.25) is 14.5 Å². The van der Waals surface area contributed by atoms with E-state index >= 15 is 0 Å². The molecule has 2 saturated carbocycles. The number of hydrogen-bond acceptors (Lipinski definition) is 4. The monoisotopic (exact) mass is 384 g/mol. The molecule has 2 unspecified atom stereocenters. The fourth-order valence-corrected chi connectivity index (χ4v) is 6.15. The van der Waals surface area contributed by atoms with Crippen molar-refractivity contribution < 1.29 is 19.5 Å². The number of carboxylic acids is 1. The van der Waals surface area contributed by atoms with Crippen LogP contribution in [0.4, 0.5) is 0 Å². The highest BCUT2D eigenvalue weighted by atomic mass is 32.2. The highest BCUT2D eigenvalue weighted by Crippen LogP contribution is 2.65. The van der Waals surface area contributed by atoms with Crippen molar-refractivity contribution in [3.05, 3.63) is 47.2 Å². The SMILES string of the molecule is CC1=C(C(=O)O)N2C(=O)C3(C[C@H]3NC(=O)C3(c4ccccc4)CC3)C2SC1. The molecule has 0 radical (unpaired) electrons. The lowest BCUT2D eigenvalue weighted by atomic mass is 9.90. The largest absolute Gasteiger partial charge is 0.477 e. The molecule has 7 heteroatoms. The molecular formula is C20H20N2O4S. The van der Waals surface area contributed by atoms with Gasteiger partial charge in [0, 0.05) is 11.8 Å². The van der Waals surface area contributed by atoms with Crippen molar-refractivity contribution in [1.82, 2.24) is 10.2 Å². The maximum absolute atomic E-state index is 13.0. The Hall–Kier alpha value is -2.28. The van der Waals surface area contributed by atoms with E-state index in [1.807, 2.05) is 30.3 Å². The van der Waals surface area contributed by atoms with E-state index in [0.717, 1.165) is 18.4 Å². The van der Waals surface area contributed by atoms with E-state index in [9.17, 15) is 19.5 Å². The number of hydrogen-bond donors (Lipinski definition) is 2. The Balaban J connectivity index is 1.33. The molecule has 140 valence electrons. The molecule has 5 rings (SSSR count). The quantitative estimate of drug-likeness (QED) is 0.774. The van der Waals surface area contributed by atoms with Gasteiger partial charge in [-0.15, -0.1) is 11.8 Å². The van der Waals surface area contributed by atoms with Crippen LogP contribution < -0.4 is 5.32 Å². The molecule has 2 aliphatic heterocycles. The van der Waals surface area contributed by atoms with Gasteiger partial charge in [0.1, 0.15) is 11.1 Å². The van der Waals surface area contributed by atoms with Gasteiger partial charge in [0.15, 0.2) is 0 Å². The number of β-lactam (4-membered cyclic amide) rings is 1. The zero-order valence-electron chi connectivity index (χ0n) is 14.9. The number of carbonyl (C=O) groups excluding carboxylic acids is 2. The van der Waals surface area contributed by atoms with Crippen molar-refractivity contribution in [3.8, 4) is 0 Å². The summed E-state index contributed by atoms with van der Waals surface area (Å²) >= 11 is 1.60. The second-order valence-corrected chi connectivity index (χ2v) is 9.06. The van der Waals surface area contributed by atoms with Gasteiger partial charge in [0.2, 0.25) is 11.8 Å². The van der Waals surface area contributed by atoms with E-state index in [1.165, 1.54) is 4.90 Å². The Morgan fingerprint density at radius 1 is 1.26 bits per heavy atom. The maximum Gasteiger partial charge on any atom is 0.352 e. The Morgan fingerprint density at radius 3 is 2.59 bits per heavy atom. The number of benzene rings is 1. The van der Waals surface area contributed by atoms with E-state index in [0.29, 0.717) is 17.7 Å². The zero-order valence-corrected chi connectivity index (χ0v) is 15.7. The molecule has 3 atom stereocenters. The normalized spacial score (nSPS) is 32.6. The fraction of sp³-hybridized carbons (Fsp3) is 0.450. The molecule has 2 heterocycles. The van der Waals surface area contributed by atoms with Crippen LogP contribution in [0.1, 0.15) is 31.7 Å². The number of aliphatic carboxylic acids is 1. The van der Waals surface area contributed by atoms with Gasteiger partial charge in [-0.05, 0) is 37.3 Å². The Morgan fingerprint density at radius 2 is 1.96 bits per heavy atom. The van der Waals surface area contributed by atoms with Gasteiger partial charge in [-0.1, -0.05) is 30.3 Å². The molecule has 2 amide bonds. The van der Waals surface area contributed by atoms with Crippen LogP contribution in [0.3, 0.4) is 0 Å². The third-order valence-corrected chi connectivity index (χ3v) is 7.96. The standard InChI is InChI=1S/C20H20N2O4S/c1-11-10-27-18-20(17(26)22(18)14(11)15(23)24)9-13(20)21-16(25)19(7-8-19)12-5-3-2-4-6-12/h2-6,13,18H,7-10H2,1H3,(H,21,25)(H,23,24)/t13-,18?,20?/m1/s1. The molecule has 4 aliphatic rings. The van der Waals surface area contributed by atoms with Crippen molar-refractivity contribution in [3.63, 3.8) is 0 Å². The summed E-state index contributed by atoms with van der Waals surface area (Å²) in [5.74, 6) is -0.616. The summed E-state index contributed by atoms with van der Waals surface area (Å²) in [7, 11) is 0. The van der Waals surface area contributed by atoms with E-state index in [4.69, 9.17) is 0 Å². The topological polar surface area (TPSA) is 86.7 Å². The first-order valence-corrected chi connectivity index (χ1v) is 10.2. The van der Waals surface area contributed by atoms with Gasteiger partial charge < -0.3 is 10.4 Å². The number of rotatable bonds is 4. The zero-order chi connectivity index (χ0) is 19.0. The minimum absolute atomic E-state index is 0.00665. The minimum Gasteiger partial charge on any atom is -0.477 e. The Bertz CT molecular complexity index is 908. The summed E-state index contributed by atoms with van der Waals surface area (Å²) < 4.78 is 0. The Labute approximate surface area is 161 Å². The fourth-order valence-electron chi connectivity index (χ4n) is 4.60. The number of nitrogens with zero attached hydrogens (tertiary/aromatic N) is 1. The van der Waals surface area contributed by atoms with E-state index < -0.39 is 16.8 Å². The van der Waals surface area contributed by atoms with Gasteiger partial charge >= 0.3 is 5.97 Å². The van der Waals surface area contributed by atoms with Crippen LogP contribution >= 0.6 is 11.8 Å². The Kier molecular flexibility index (Phi) is 3.36. The minimum atomic E-state index is -1.05. The van der Waals surface area contributed by atoms with E-state index in [1.54, 1.807) is 18.7 Å². The maximum atomic E-state index is 13.0. The molecule has 27 heavy (non-hydrogen) atoms. The van der Waals surface area contributed by atoms with Crippen LogP contribution in [-0.2, 0) is 19.8 Å². The summed E-state index contributed by atoms with van der Waals surface area (Å²) in [4.78, 5) is 38.8. The van der Waals surface area contributed by atoms with Crippen LogP contribution in [0.25, 0.3) is 0 Å². The highest BCUT2D eigenvalue weighted by Gasteiger charge is 2.77. The highest BCUT2D eigenvalue weighted by molar-refractivity contribution is 8.00. The second kappa shape index (κ2) is 5.38. The van der Waals surface area contributed by atoms with Crippen molar-refractivity contribution in [1.29, 1.82) is 0 Å². The van der Waals surface area contributed by atoms with Crippen LogP contribution in [-0.4, -0.2) is 45.0 Å². The second-order valence-electron chi connectivity index (χ2n) is 7.99. The van der Waals surface area contributed by atoms with Crippen LogP contribution in [0, 0.1) is 5.41 Å². The number of carboxylic acid groups (broad SMARTS) is 1. The van der Waals surface area contributed by atoms with Crippen molar-refractivity contribution >= 4 is 29.5 Å². The van der Waals surface area contributed by atoms with Crippen LogP contribution in [0.5, 0.6) is 0 Å². The molecule has 6 nitrogen and oxygen atoms in total. The third kappa shape index (κ3) is 2.12. The summed E-state index contributed by atoms with van der Waals surface area (Å²) in [6, 6.07) is 9.58. The summed E-state index contributed by atoms with van der Waals surface area (Å²) in [5, 5.41) is 12.4.